The second-order valence-corrected chi connectivity index (χ2v) is 5.04. The van der Waals surface area contributed by atoms with Gasteiger partial charge in [-0.15, -0.1) is 11.3 Å². The molecule has 0 aliphatic heterocycles. The fourth-order valence-electron chi connectivity index (χ4n) is 1.76. The van der Waals surface area contributed by atoms with Gasteiger partial charge in [-0.1, -0.05) is 0 Å². The van der Waals surface area contributed by atoms with Crippen molar-refractivity contribution < 1.29 is 9.53 Å². The van der Waals surface area contributed by atoms with Gasteiger partial charge in [0.2, 0.25) is 5.95 Å². The van der Waals surface area contributed by atoms with Crippen LogP contribution in [0.2, 0.25) is 0 Å². The van der Waals surface area contributed by atoms with E-state index in [1.54, 1.807) is 6.07 Å². The largest absolute Gasteiger partial charge is 0.465 e. The van der Waals surface area contributed by atoms with Gasteiger partial charge in [0.05, 0.1) is 12.7 Å². The fourth-order valence-corrected chi connectivity index (χ4v) is 2.62. The Hall–Kier alpha value is -2.35. The van der Waals surface area contributed by atoms with Crippen molar-refractivity contribution in [3.05, 3.63) is 37.8 Å². The third-order valence-corrected chi connectivity index (χ3v) is 3.73. The molecule has 0 saturated carbocycles. The van der Waals surface area contributed by atoms with Gasteiger partial charge in [0, 0.05) is 0 Å². The Morgan fingerprint density at radius 2 is 2.20 bits per heavy atom. The predicted molar refractivity (Wildman–Crippen MR) is 76.7 cm³/mol. The highest BCUT2D eigenvalue weighted by atomic mass is 32.1. The number of aryl methyl sites for hydroxylation is 1. The molecule has 0 aromatic carbocycles. The van der Waals surface area contributed by atoms with E-state index in [2.05, 4.69) is 14.7 Å². The predicted octanol–water partition coefficient (Wildman–Crippen LogP) is 0.568. The molecule has 0 unspecified atom stereocenters. The van der Waals surface area contributed by atoms with Gasteiger partial charge in [0.1, 0.15) is 10.7 Å². The third kappa shape index (κ3) is 2.97. The van der Waals surface area contributed by atoms with Gasteiger partial charge in [-0.2, -0.15) is 4.98 Å². The van der Waals surface area contributed by atoms with Gasteiger partial charge in [0.25, 0.3) is 5.56 Å². The van der Waals surface area contributed by atoms with E-state index in [1.807, 2.05) is 5.38 Å². The van der Waals surface area contributed by atoms with Gasteiger partial charge >= 0.3 is 5.97 Å². The maximum absolute atomic E-state index is 11.7. The van der Waals surface area contributed by atoms with Crippen LogP contribution in [0.25, 0.3) is 0 Å². The lowest BCUT2D eigenvalue weighted by molar-refractivity contribution is 0.0606. The minimum absolute atomic E-state index is 0.000221. The van der Waals surface area contributed by atoms with Crippen molar-refractivity contribution in [2.24, 2.45) is 0 Å². The van der Waals surface area contributed by atoms with Crippen LogP contribution in [0.4, 0.5) is 11.8 Å². The van der Waals surface area contributed by atoms with E-state index >= 15 is 0 Å². The number of aromatic nitrogens is 2. The first kappa shape index (κ1) is 14.1. The number of nitrogens with zero attached hydrogens (tertiary/aromatic N) is 1. The Labute approximate surface area is 118 Å². The Bertz CT molecular complexity index is 692. The number of nitrogens with one attached hydrogen (secondary N) is 1. The number of hydrogen-bond acceptors (Lipinski definition) is 7. The molecule has 7 nitrogen and oxygen atoms in total. The Balaban J connectivity index is 2.11. The molecule has 0 radical (unpaired) electrons. The van der Waals surface area contributed by atoms with Crippen molar-refractivity contribution >= 4 is 29.1 Å². The molecule has 0 aliphatic rings. The standard InChI is InChI=1S/C12H14N4O3S/c1-19-11(18)8-4-6(5-20-8)2-3-7-9(13)15-12(14)16-10(7)17/h4-5H,2-3H2,1H3,(H5,13,14,15,16,17). The second-order valence-electron chi connectivity index (χ2n) is 4.13. The van der Waals surface area contributed by atoms with Crippen LogP contribution in [0.5, 0.6) is 0 Å². The molecule has 0 saturated heterocycles. The number of ether oxygens (including phenoxy) is 1. The van der Waals surface area contributed by atoms with Gasteiger partial charge in [-0.25, -0.2) is 4.79 Å². The number of carbonyl (C=O) groups is 1. The summed E-state index contributed by atoms with van der Waals surface area (Å²) in [4.78, 5) is 29.8. The van der Waals surface area contributed by atoms with Crippen LogP contribution in [-0.2, 0) is 17.6 Å². The monoisotopic (exact) mass is 294 g/mol. The van der Waals surface area contributed by atoms with Gasteiger partial charge in [-0.3, -0.25) is 9.78 Å². The lowest BCUT2D eigenvalue weighted by atomic mass is 10.1. The molecular weight excluding hydrogens is 280 g/mol. The lowest BCUT2D eigenvalue weighted by Gasteiger charge is -2.03. The van der Waals surface area contributed by atoms with Gasteiger partial charge < -0.3 is 16.2 Å². The molecule has 0 fully saturated rings. The van der Waals surface area contributed by atoms with E-state index in [1.165, 1.54) is 18.4 Å². The second kappa shape index (κ2) is 5.74. The highest BCUT2D eigenvalue weighted by Gasteiger charge is 2.11. The molecule has 106 valence electrons. The average molecular weight is 294 g/mol. The zero-order chi connectivity index (χ0) is 14.7. The lowest BCUT2D eigenvalue weighted by Crippen LogP contribution is -2.19. The van der Waals surface area contributed by atoms with Crippen LogP contribution < -0.4 is 17.0 Å². The van der Waals surface area contributed by atoms with Crippen LogP contribution in [0.15, 0.2) is 16.2 Å². The highest BCUT2D eigenvalue weighted by Crippen LogP contribution is 2.18. The van der Waals surface area contributed by atoms with Crippen molar-refractivity contribution in [2.45, 2.75) is 12.8 Å². The van der Waals surface area contributed by atoms with E-state index in [0.717, 1.165) is 5.56 Å². The highest BCUT2D eigenvalue weighted by molar-refractivity contribution is 7.12. The zero-order valence-electron chi connectivity index (χ0n) is 10.8. The topological polar surface area (TPSA) is 124 Å². The van der Waals surface area contributed by atoms with Crippen LogP contribution in [-0.4, -0.2) is 23.0 Å². The van der Waals surface area contributed by atoms with Crippen LogP contribution in [0.1, 0.15) is 20.8 Å². The number of anilines is 2. The van der Waals surface area contributed by atoms with E-state index in [9.17, 15) is 9.59 Å². The summed E-state index contributed by atoms with van der Waals surface area (Å²) in [5.74, 6) is -0.234. The quantitative estimate of drug-likeness (QED) is 0.708. The van der Waals surface area contributed by atoms with Crippen molar-refractivity contribution in [2.75, 3.05) is 18.6 Å². The van der Waals surface area contributed by atoms with E-state index in [0.29, 0.717) is 23.3 Å². The Kier molecular flexibility index (Phi) is 4.04. The number of methoxy groups -OCH3 is 1. The van der Waals surface area contributed by atoms with E-state index < -0.39 is 0 Å². The molecule has 20 heavy (non-hydrogen) atoms. The van der Waals surface area contributed by atoms with Crippen LogP contribution in [0.3, 0.4) is 0 Å². The summed E-state index contributed by atoms with van der Waals surface area (Å²) in [7, 11) is 1.34. The van der Waals surface area contributed by atoms with Crippen molar-refractivity contribution in [1.82, 2.24) is 9.97 Å². The number of esters is 1. The molecule has 5 N–H and O–H groups in total. The normalized spacial score (nSPS) is 10.4. The van der Waals surface area contributed by atoms with Crippen molar-refractivity contribution in [1.29, 1.82) is 0 Å². The third-order valence-electron chi connectivity index (χ3n) is 2.77. The molecule has 0 aliphatic carbocycles. The smallest absolute Gasteiger partial charge is 0.348 e. The Morgan fingerprint density at radius 3 is 2.85 bits per heavy atom. The van der Waals surface area contributed by atoms with Crippen LogP contribution >= 0.6 is 11.3 Å². The number of aromatic amines is 1. The maximum Gasteiger partial charge on any atom is 0.348 e. The van der Waals surface area contributed by atoms with Crippen LogP contribution in [0, 0.1) is 0 Å². The first-order valence-electron chi connectivity index (χ1n) is 5.81. The van der Waals surface area contributed by atoms with Gasteiger partial charge in [0.15, 0.2) is 0 Å². The van der Waals surface area contributed by atoms with Gasteiger partial charge in [-0.05, 0) is 29.9 Å². The fraction of sp³-hybridized carbons (Fsp3) is 0.250. The summed E-state index contributed by atoms with van der Waals surface area (Å²) in [6, 6.07) is 1.74. The summed E-state index contributed by atoms with van der Waals surface area (Å²) in [6.07, 6.45) is 0.998. The molecule has 0 amide bonds. The number of hydrogen-bond donors (Lipinski definition) is 3. The summed E-state index contributed by atoms with van der Waals surface area (Å²) >= 11 is 1.30. The minimum Gasteiger partial charge on any atom is -0.465 e. The number of carbonyl (C=O) groups excluding carboxylic acids is 1. The summed E-state index contributed by atoms with van der Waals surface area (Å²) in [5.41, 5.74) is 12.1. The summed E-state index contributed by atoms with van der Waals surface area (Å²) in [5, 5.41) is 1.85. The molecule has 0 spiro atoms. The summed E-state index contributed by atoms with van der Waals surface area (Å²) in [6.45, 7) is 0. The Morgan fingerprint density at radius 1 is 1.45 bits per heavy atom. The minimum atomic E-state index is -0.368. The average Bonchev–Trinajstić information content (AvgIpc) is 2.85. The molecule has 0 bridgehead atoms. The molecule has 2 rings (SSSR count). The number of rotatable bonds is 4. The maximum atomic E-state index is 11.7. The van der Waals surface area contributed by atoms with E-state index in [4.69, 9.17) is 11.5 Å². The van der Waals surface area contributed by atoms with Crippen molar-refractivity contribution in [3.63, 3.8) is 0 Å². The number of nitrogens with two attached hydrogens (primary N) is 2. The first-order chi connectivity index (χ1) is 9.51. The first-order valence-corrected chi connectivity index (χ1v) is 6.69. The number of H-pyrrole nitrogens is 1. The molecule has 2 aromatic heterocycles. The molecule has 2 heterocycles. The molecular formula is C12H14N4O3S. The SMILES string of the molecule is COC(=O)c1cc(CCc2c(N)nc(N)[nH]c2=O)cs1. The molecule has 0 atom stereocenters. The van der Waals surface area contributed by atoms with E-state index in [-0.39, 0.29) is 23.3 Å². The number of nitrogen functional groups attached to an aromatic ring is 2. The zero-order valence-corrected chi connectivity index (χ0v) is 11.6. The molecule has 2 aromatic rings. The van der Waals surface area contributed by atoms with Crippen molar-refractivity contribution in [3.8, 4) is 0 Å². The molecule has 8 heteroatoms. The number of thiophene rings is 1. The summed E-state index contributed by atoms with van der Waals surface area (Å²) < 4.78 is 4.64.